The molecule has 0 fully saturated rings. The van der Waals surface area contributed by atoms with E-state index in [4.69, 9.17) is 0 Å². The number of carbonyl (C=O) groups excluding carboxylic acids is 1. The van der Waals surface area contributed by atoms with Crippen molar-refractivity contribution in [2.45, 2.75) is 6.92 Å². The molecule has 0 unspecified atom stereocenters. The highest BCUT2D eigenvalue weighted by Crippen LogP contribution is 2.21. The molecule has 15 heavy (non-hydrogen) atoms. The Hall–Kier alpha value is -1.96. The van der Waals surface area contributed by atoms with Gasteiger partial charge >= 0.3 is 0 Å². The Morgan fingerprint density at radius 2 is 1.80 bits per heavy atom. The number of Topliss-reactive ketones (excluding diaryl/α,β-unsaturated/α-hetero) is 1. The van der Waals surface area contributed by atoms with Crippen molar-refractivity contribution in [3.8, 4) is 11.3 Å². The van der Waals surface area contributed by atoms with Crippen molar-refractivity contribution in [1.29, 1.82) is 0 Å². The van der Waals surface area contributed by atoms with E-state index in [1.54, 1.807) is 13.1 Å². The molecule has 1 heterocycles. The highest BCUT2D eigenvalue weighted by molar-refractivity contribution is 6.00. The van der Waals surface area contributed by atoms with Gasteiger partial charge in [-0.15, -0.1) is 0 Å². The molecule has 2 heteroatoms. The van der Waals surface area contributed by atoms with Gasteiger partial charge in [-0.3, -0.25) is 9.78 Å². The largest absolute Gasteiger partial charge is 0.294 e. The summed E-state index contributed by atoms with van der Waals surface area (Å²) in [5, 5.41) is 0. The van der Waals surface area contributed by atoms with Crippen LogP contribution in [0.15, 0.2) is 48.7 Å². The van der Waals surface area contributed by atoms with E-state index in [9.17, 15) is 4.79 Å². The van der Waals surface area contributed by atoms with E-state index >= 15 is 0 Å². The number of aromatic nitrogens is 1. The first kappa shape index (κ1) is 9.59. The summed E-state index contributed by atoms with van der Waals surface area (Å²) in [4.78, 5) is 15.7. The fourth-order valence-electron chi connectivity index (χ4n) is 1.54. The van der Waals surface area contributed by atoms with Gasteiger partial charge in [-0.05, 0) is 19.1 Å². The number of hydrogen-bond acceptors (Lipinski definition) is 2. The molecule has 0 saturated heterocycles. The zero-order valence-electron chi connectivity index (χ0n) is 8.47. The van der Waals surface area contributed by atoms with Crippen LogP contribution >= 0.6 is 0 Å². The second-order valence-corrected chi connectivity index (χ2v) is 3.32. The Labute approximate surface area is 88.6 Å². The van der Waals surface area contributed by atoms with E-state index in [-0.39, 0.29) is 5.78 Å². The van der Waals surface area contributed by atoms with Gasteiger partial charge in [-0.25, -0.2) is 0 Å². The molecule has 0 aliphatic carbocycles. The number of rotatable bonds is 2. The van der Waals surface area contributed by atoms with Crippen molar-refractivity contribution in [2.75, 3.05) is 0 Å². The van der Waals surface area contributed by atoms with Crippen LogP contribution in [-0.4, -0.2) is 10.8 Å². The molecule has 0 bridgehead atoms. The molecule has 0 radical (unpaired) electrons. The lowest BCUT2D eigenvalue weighted by Crippen LogP contribution is -1.96. The number of hydrogen-bond donors (Lipinski definition) is 0. The molecule has 0 atom stereocenters. The summed E-state index contributed by atoms with van der Waals surface area (Å²) in [5.74, 6) is 0.0660. The molecule has 0 spiro atoms. The third kappa shape index (κ3) is 1.94. The van der Waals surface area contributed by atoms with Crippen molar-refractivity contribution in [3.63, 3.8) is 0 Å². The first-order chi connectivity index (χ1) is 7.29. The minimum Gasteiger partial charge on any atom is -0.294 e. The summed E-state index contributed by atoms with van der Waals surface area (Å²) in [5.41, 5.74) is 2.45. The van der Waals surface area contributed by atoms with E-state index in [1.165, 1.54) is 0 Å². The van der Waals surface area contributed by atoms with Crippen molar-refractivity contribution in [3.05, 3.63) is 54.2 Å². The minimum absolute atomic E-state index is 0.0660. The maximum atomic E-state index is 11.4. The average molecular weight is 197 g/mol. The molecule has 0 aliphatic heterocycles. The zero-order valence-corrected chi connectivity index (χ0v) is 8.47. The normalized spacial score (nSPS) is 9.93. The zero-order chi connectivity index (χ0) is 10.7. The molecular formula is C13H11NO. The summed E-state index contributed by atoms with van der Waals surface area (Å²) in [7, 11) is 0. The topological polar surface area (TPSA) is 30.0 Å². The Kier molecular flexibility index (Phi) is 2.59. The molecule has 2 aromatic rings. The van der Waals surface area contributed by atoms with Crippen LogP contribution in [0, 0.1) is 0 Å². The van der Waals surface area contributed by atoms with Gasteiger partial charge in [0.1, 0.15) is 0 Å². The third-order valence-electron chi connectivity index (χ3n) is 2.25. The van der Waals surface area contributed by atoms with Crippen LogP contribution in [0.25, 0.3) is 11.3 Å². The van der Waals surface area contributed by atoms with Gasteiger partial charge in [0.05, 0.1) is 5.69 Å². The van der Waals surface area contributed by atoms with E-state index in [0.29, 0.717) is 0 Å². The summed E-state index contributed by atoms with van der Waals surface area (Å²) in [6.45, 7) is 1.57. The Morgan fingerprint density at radius 3 is 2.47 bits per heavy atom. The predicted molar refractivity (Wildman–Crippen MR) is 59.7 cm³/mol. The van der Waals surface area contributed by atoms with Crippen LogP contribution in [0.3, 0.4) is 0 Å². The Balaban J connectivity index is 2.58. The smallest absolute Gasteiger partial charge is 0.160 e. The minimum atomic E-state index is 0.0660. The van der Waals surface area contributed by atoms with Crippen LogP contribution < -0.4 is 0 Å². The molecule has 0 amide bonds. The number of benzene rings is 1. The molecule has 0 aliphatic rings. The van der Waals surface area contributed by atoms with Crippen LogP contribution in [0.4, 0.5) is 0 Å². The second-order valence-electron chi connectivity index (χ2n) is 3.32. The number of ketones is 1. The summed E-state index contributed by atoms with van der Waals surface area (Å²) >= 11 is 0. The van der Waals surface area contributed by atoms with Gasteiger partial charge in [0.2, 0.25) is 0 Å². The standard InChI is InChI=1S/C13H11NO/c1-10(15)11-6-2-3-7-12(11)13-8-4-5-9-14-13/h2-9H,1H3. The van der Waals surface area contributed by atoms with Gasteiger partial charge in [-0.2, -0.15) is 0 Å². The van der Waals surface area contributed by atoms with Gasteiger partial charge in [0, 0.05) is 17.3 Å². The molecule has 2 nitrogen and oxygen atoms in total. The fraction of sp³-hybridized carbons (Fsp3) is 0.0769. The maximum Gasteiger partial charge on any atom is 0.160 e. The monoisotopic (exact) mass is 197 g/mol. The van der Waals surface area contributed by atoms with E-state index in [1.807, 2.05) is 42.5 Å². The van der Waals surface area contributed by atoms with Crippen LogP contribution in [0.1, 0.15) is 17.3 Å². The molecule has 0 saturated carbocycles. The molecular weight excluding hydrogens is 186 g/mol. The summed E-state index contributed by atoms with van der Waals surface area (Å²) in [6.07, 6.45) is 1.73. The fourth-order valence-corrected chi connectivity index (χ4v) is 1.54. The van der Waals surface area contributed by atoms with Crippen molar-refractivity contribution in [2.24, 2.45) is 0 Å². The first-order valence-electron chi connectivity index (χ1n) is 4.80. The van der Waals surface area contributed by atoms with Gasteiger partial charge in [0.15, 0.2) is 5.78 Å². The van der Waals surface area contributed by atoms with Crippen molar-refractivity contribution >= 4 is 5.78 Å². The van der Waals surface area contributed by atoms with Crippen LogP contribution in [0.2, 0.25) is 0 Å². The predicted octanol–water partition coefficient (Wildman–Crippen LogP) is 2.95. The molecule has 2 rings (SSSR count). The van der Waals surface area contributed by atoms with Crippen LogP contribution in [-0.2, 0) is 0 Å². The Bertz CT molecular complexity index is 477. The lowest BCUT2D eigenvalue weighted by Gasteiger charge is -2.05. The van der Waals surface area contributed by atoms with E-state index in [2.05, 4.69) is 4.98 Å². The van der Waals surface area contributed by atoms with Gasteiger partial charge in [-0.1, -0.05) is 30.3 Å². The Morgan fingerprint density at radius 1 is 1.07 bits per heavy atom. The van der Waals surface area contributed by atoms with Crippen LogP contribution in [0.5, 0.6) is 0 Å². The summed E-state index contributed by atoms with van der Waals surface area (Å²) in [6, 6.07) is 13.2. The van der Waals surface area contributed by atoms with Crippen molar-refractivity contribution in [1.82, 2.24) is 4.98 Å². The average Bonchev–Trinajstić information content (AvgIpc) is 2.30. The van der Waals surface area contributed by atoms with E-state index in [0.717, 1.165) is 16.8 Å². The quantitative estimate of drug-likeness (QED) is 0.693. The second kappa shape index (κ2) is 4.05. The molecule has 1 aromatic carbocycles. The molecule has 1 aromatic heterocycles. The van der Waals surface area contributed by atoms with Crippen molar-refractivity contribution < 1.29 is 4.79 Å². The third-order valence-corrected chi connectivity index (χ3v) is 2.25. The summed E-state index contributed by atoms with van der Waals surface area (Å²) < 4.78 is 0. The lowest BCUT2D eigenvalue weighted by molar-refractivity contribution is 0.101. The van der Waals surface area contributed by atoms with Gasteiger partial charge < -0.3 is 0 Å². The highest BCUT2D eigenvalue weighted by atomic mass is 16.1. The van der Waals surface area contributed by atoms with E-state index < -0.39 is 0 Å². The SMILES string of the molecule is CC(=O)c1ccccc1-c1ccccn1. The number of nitrogens with zero attached hydrogens (tertiary/aromatic N) is 1. The number of carbonyl (C=O) groups is 1. The highest BCUT2D eigenvalue weighted by Gasteiger charge is 2.08. The van der Waals surface area contributed by atoms with Gasteiger partial charge in [0.25, 0.3) is 0 Å². The lowest BCUT2D eigenvalue weighted by atomic mass is 10.0. The molecule has 0 N–H and O–H groups in total. The maximum absolute atomic E-state index is 11.4. The number of pyridine rings is 1. The molecule has 74 valence electrons. The first-order valence-corrected chi connectivity index (χ1v) is 4.80.